The van der Waals surface area contributed by atoms with Crippen molar-refractivity contribution >= 4 is 24.2 Å². The van der Waals surface area contributed by atoms with Gasteiger partial charge in [-0.1, -0.05) is 19.9 Å². The van der Waals surface area contributed by atoms with Gasteiger partial charge in [0, 0.05) is 43.3 Å². The summed E-state index contributed by atoms with van der Waals surface area (Å²) in [5, 5.41) is 3.26. The van der Waals surface area contributed by atoms with Crippen LogP contribution in [0.25, 0.3) is 0 Å². The van der Waals surface area contributed by atoms with Crippen molar-refractivity contribution in [3.05, 3.63) is 35.4 Å². The lowest BCUT2D eigenvalue weighted by Crippen LogP contribution is -2.47. The zero-order valence-electron chi connectivity index (χ0n) is 16.2. The minimum Gasteiger partial charge on any atom is -0.339 e. The number of carbonyl (C=O) groups is 2. The van der Waals surface area contributed by atoms with Crippen LogP contribution < -0.4 is 5.32 Å². The Morgan fingerprint density at radius 2 is 1.85 bits per heavy atom. The third kappa shape index (κ3) is 5.71. The van der Waals surface area contributed by atoms with Gasteiger partial charge in [-0.3, -0.25) is 9.59 Å². The molecule has 0 spiro atoms. The predicted octanol–water partition coefficient (Wildman–Crippen LogP) is 3.19. The molecule has 1 heterocycles. The van der Waals surface area contributed by atoms with Gasteiger partial charge >= 0.3 is 0 Å². The van der Waals surface area contributed by atoms with Gasteiger partial charge in [-0.2, -0.15) is 0 Å². The van der Waals surface area contributed by atoms with E-state index >= 15 is 0 Å². The fraction of sp³-hybridized carbons (Fsp3) is 0.600. The van der Waals surface area contributed by atoms with Gasteiger partial charge in [0.2, 0.25) is 0 Å². The van der Waals surface area contributed by atoms with Crippen LogP contribution in [-0.4, -0.2) is 60.9 Å². The number of benzene rings is 1. The molecule has 1 aliphatic rings. The molecule has 1 saturated heterocycles. The molecule has 1 fully saturated rings. The van der Waals surface area contributed by atoms with Crippen molar-refractivity contribution in [3.63, 3.8) is 0 Å². The summed E-state index contributed by atoms with van der Waals surface area (Å²) in [6.45, 7) is 7.16. The normalized spacial score (nSPS) is 16.7. The summed E-state index contributed by atoms with van der Waals surface area (Å²) in [5.41, 5.74) is 1.21. The number of hydrogen-bond donors (Lipinski definition) is 1. The zero-order valence-corrected chi connectivity index (χ0v) is 17.0. The fourth-order valence-electron chi connectivity index (χ4n) is 3.40. The summed E-state index contributed by atoms with van der Waals surface area (Å²) in [6, 6.07) is 7.55. The number of carbonyl (C=O) groups excluding carboxylic acids is 2. The van der Waals surface area contributed by atoms with Gasteiger partial charge in [0.25, 0.3) is 11.8 Å². The monoisotopic (exact) mass is 381 g/mol. The Hall–Kier alpha value is -1.59. The van der Waals surface area contributed by atoms with E-state index in [-0.39, 0.29) is 24.2 Å². The van der Waals surface area contributed by atoms with Crippen LogP contribution in [0.5, 0.6) is 0 Å². The SMILES string of the molecule is CCCN(CCC)C(=O)c1cccc(C(=O)N2CCCC(NC)C2)c1.Cl. The molecular weight excluding hydrogens is 350 g/mol. The van der Waals surface area contributed by atoms with Crippen molar-refractivity contribution in [2.24, 2.45) is 0 Å². The number of nitrogens with one attached hydrogen (secondary N) is 1. The standard InChI is InChI=1S/C20H31N3O2.ClH/c1-4-11-22(12-5-2)19(24)16-8-6-9-17(14-16)20(25)23-13-7-10-18(15-23)21-3;/h6,8-9,14,18,21H,4-5,7,10-13,15H2,1-3H3;1H. The van der Waals surface area contributed by atoms with Crippen molar-refractivity contribution in [1.29, 1.82) is 0 Å². The van der Waals surface area contributed by atoms with Crippen molar-refractivity contribution in [2.45, 2.75) is 45.6 Å². The molecule has 1 aliphatic heterocycles. The molecule has 1 aromatic carbocycles. The van der Waals surface area contributed by atoms with Gasteiger partial charge < -0.3 is 15.1 Å². The molecule has 1 aromatic rings. The molecule has 26 heavy (non-hydrogen) atoms. The summed E-state index contributed by atoms with van der Waals surface area (Å²) < 4.78 is 0. The number of likely N-dealkylation sites (N-methyl/N-ethyl adjacent to an activating group) is 1. The third-order valence-corrected chi connectivity index (χ3v) is 4.75. The second-order valence-electron chi connectivity index (χ2n) is 6.75. The fourth-order valence-corrected chi connectivity index (χ4v) is 3.40. The lowest BCUT2D eigenvalue weighted by molar-refractivity contribution is 0.0698. The molecule has 5 nitrogen and oxygen atoms in total. The van der Waals surface area contributed by atoms with Crippen molar-refractivity contribution < 1.29 is 9.59 Å². The van der Waals surface area contributed by atoms with E-state index in [9.17, 15) is 9.59 Å². The number of rotatable bonds is 7. The van der Waals surface area contributed by atoms with Crippen LogP contribution in [0.2, 0.25) is 0 Å². The first-order valence-corrected chi connectivity index (χ1v) is 9.46. The minimum atomic E-state index is 0. The van der Waals surface area contributed by atoms with Gasteiger partial charge in [0.1, 0.15) is 0 Å². The topological polar surface area (TPSA) is 52.7 Å². The van der Waals surface area contributed by atoms with Crippen LogP contribution in [0.4, 0.5) is 0 Å². The van der Waals surface area contributed by atoms with E-state index in [1.165, 1.54) is 0 Å². The average molecular weight is 382 g/mol. The molecule has 0 aliphatic carbocycles. The number of nitrogens with zero attached hydrogens (tertiary/aromatic N) is 2. The molecule has 6 heteroatoms. The summed E-state index contributed by atoms with van der Waals surface area (Å²) in [7, 11) is 1.94. The van der Waals surface area contributed by atoms with Crippen molar-refractivity contribution in [1.82, 2.24) is 15.1 Å². The van der Waals surface area contributed by atoms with Crippen LogP contribution in [0.1, 0.15) is 60.2 Å². The van der Waals surface area contributed by atoms with E-state index in [2.05, 4.69) is 19.2 Å². The molecule has 0 saturated carbocycles. The highest BCUT2D eigenvalue weighted by Crippen LogP contribution is 2.16. The molecule has 1 N–H and O–H groups in total. The van der Waals surface area contributed by atoms with E-state index in [4.69, 9.17) is 0 Å². The molecule has 0 radical (unpaired) electrons. The molecule has 1 unspecified atom stereocenters. The number of halogens is 1. The molecular formula is C20H32ClN3O2. The Morgan fingerprint density at radius 3 is 2.46 bits per heavy atom. The number of piperidine rings is 1. The molecule has 2 amide bonds. The van der Waals surface area contributed by atoms with Crippen molar-refractivity contribution in [2.75, 3.05) is 33.2 Å². The van der Waals surface area contributed by atoms with E-state index in [1.807, 2.05) is 35.0 Å². The van der Waals surface area contributed by atoms with Gasteiger partial charge in [0.05, 0.1) is 0 Å². The quantitative estimate of drug-likeness (QED) is 0.789. The van der Waals surface area contributed by atoms with E-state index < -0.39 is 0 Å². The summed E-state index contributed by atoms with van der Waals surface area (Å²) in [4.78, 5) is 29.4. The van der Waals surface area contributed by atoms with Crippen LogP contribution in [0.15, 0.2) is 24.3 Å². The largest absolute Gasteiger partial charge is 0.339 e. The number of hydrogen-bond acceptors (Lipinski definition) is 3. The number of amides is 2. The lowest BCUT2D eigenvalue weighted by atomic mass is 10.0. The van der Waals surface area contributed by atoms with E-state index in [0.29, 0.717) is 17.2 Å². The predicted molar refractivity (Wildman–Crippen MR) is 108 cm³/mol. The molecule has 146 valence electrons. The van der Waals surface area contributed by atoms with E-state index in [1.54, 1.807) is 6.07 Å². The molecule has 0 aromatic heterocycles. The van der Waals surface area contributed by atoms with Crippen LogP contribution in [0.3, 0.4) is 0 Å². The Balaban J connectivity index is 0.00000338. The smallest absolute Gasteiger partial charge is 0.253 e. The first-order chi connectivity index (χ1) is 12.1. The van der Waals surface area contributed by atoms with Gasteiger partial charge in [-0.05, 0) is 50.9 Å². The maximum absolute atomic E-state index is 12.8. The Bertz CT molecular complexity index is 588. The van der Waals surface area contributed by atoms with Gasteiger partial charge in [0.15, 0.2) is 0 Å². The zero-order chi connectivity index (χ0) is 18.2. The summed E-state index contributed by atoms with van der Waals surface area (Å²) in [6.07, 6.45) is 3.98. The molecule has 2 rings (SSSR count). The summed E-state index contributed by atoms with van der Waals surface area (Å²) >= 11 is 0. The summed E-state index contributed by atoms with van der Waals surface area (Å²) in [5.74, 6) is 0.0391. The highest BCUT2D eigenvalue weighted by atomic mass is 35.5. The minimum absolute atomic E-state index is 0. The van der Waals surface area contributed by atoms with Gasteiger partial charge in [-0.15, -0.1) is 12.4 Å². The Morgan fingerprint density at radius 1 is 1.19 bits per heavy atom. The lowest BCUT2D eigenvalue weighted by Gasteiger charge is -2.32. The highest BCUT2D eigenvalue weighted by molar-refractivity contribution is 5.99. The Labute approximate surface area is 163 Å². The third-order valence-electron chi connectivity index (χ3n) is 4.75. The van der Waals surface area contributed by atoms with Crippen LogP contribution in [0, 0.1) is 0 Å². The Kier molecular flexibility index (Phi) is 9.66. The molecule has 0 bridgehead atoms. The average Bonchev–Trinajstić information content (AvgIpc) is 2.66. The first kappa shape index (κ1) is 22.5. The first-order valence-electron chi connectivity index (χ1n) is 9.46. The maximum atomic E-state index is 12.8. The van der Waals surface area contributed by atoms with Crippen LogP contribution in [-0.2, 0) is 0 Å². The van der Waals surface area contributed by atoms with Crippen molar-refractivity contribution in [3.8, 4) is 0 Å². The second-order valence-corrected chi connectivity index (χ2v) is 6.75. The number of likely N-dealkylation sites (tertiary alicyclic amines) is 1. The van der Waals surface area contributed by atoms with Crippen LogP contribution >= 0.6 is 12.4 Å². The van der Waals surface area contributed by atoms with E-state index in [0.717, 1.165) is 51.9 Å². The molecule has 1 atom stereocenters. The second kappa shape index (κ2) is 11.2. The maximum Gasteiger partial charge on any atom is 0.253 e. The van der Waals surface area contributed by atoms with Gasteiger partial charge in [-0.25, -0.2) is 0 Å². The highest BCUT2D eigenvalue weighted by Gasteiger charge is 2.24.